The average Bonchev–Trinajstić information content (AvgIpc) is 2.91. The van der Waals surface area contributed by atoms with E-state index in [9.17, 15) is 24.9 Å². The average molecular weight is 603 g/mol. The van der Waals surface area contributed by atoms with Crippen molar-refractivity contribution < 1.29 is 29.7 Å². The summed E-state index contributed by atoms with van der Waals surface area (Å²) >= 11 is 0. The standard InChI is InChI=1S/C38H50O6/c1-22(2)10-12-27-21-37(20-26-15-16-35(6,7)19-24(26)5)32(42)30(31(41)25-11-13-28(39)29(40)18-25)33(43)38(34(37)44,36(27,8)9)17-14-23(3)4/h10-11,13-14,18-19,26-27,39-41H,12,15-17,20-21H2,1-9H3/b31-30+/t26?,27-,37-,38+/m1/s1. The number of Topliss-reactive ketones (excluding diaryl/α,β-unsaturated/α-hetero) is 3. The van der Waals surface area contributed by atoms with Crippen molar-refractivity contribution in [2.24, 2.45) is 33.5 Å². The monoisotopic (exact) mass is 602 g/mol. The Morgan fingerprint density at radius 3 is 2.14 bits per heavy atom. The molecule has 6 heteroatoms. The van der Waals surface area contributed by atoms with Crippen molar-refractivity contribution in [2.45, 2.75) is 101 Å². The maximum Gasteiger partial charge on any atom is 0.184 e. The molecule has 0 aromatic heterocycles. The van der Waals surface area contributed by atoms with Gasteiger partial charge in [0.05, 0.1) is 5.41 Å². The van der Waals surface area contributed by atoms with E-state index >= 15 is 4.79 Å². The van der Waals surface area contributed by atoms with Gasteiger partial charge in [0.1, 0.15) is 16.7 Å². The van der Waals surface area contributed by atoms with Crippen LogP contribution < -0.4 is 0 Å². The Balaban J connectivity index is 2.06. The molecule has 0 spiro atoms. The zero-order valence-corrected chi connectivity index (χ0v) is 27.9. The number of hydrogen-bond acceptors (Lipinski definition) is 6. The number of phenols is 2. The molecule has 6 nitrogen and oxygen atoms in total. The van der Waals surface area contributed by atoms with Crippen LogP contribution in [-0.4, -0.2) is 32.7 Å². The zero-order chi connectivity index (χ0) is 33.0. The van der Waals surface area contributed by atoms with E-state index in [0.717, 1.165) is 35.6 Å². The fraction of sp³-hybridized carbons (Fsp3) is 0.553. The van der Waals surface area contributed by atoms with Gasteiger partial charge in [-0.15, -0.1) is 0 Å². The van der Waals surface area contributed by atoms with Crippen LogP contribution in [0.1, 0.15) is 106 Å². The molecule has 0 amide bonds. The molecule has 3 N–H and O–H groups in total. The number of carbonyl (C=O) groups excluding carboxylic acids is 3. The number of hydrogen-bond donors (Lipinski definition) is 3. The van der Waals surface area contributed by atoms with Gasteiger partial charge in [-0.2, -0.15) is 0 Å². The van der Waals surface area contributed by atoms with Gasteiger partial charge in [0.15, 0.2) is 28.8 Å². The lowest BCUT2D eigenvalue weighted by molar-refractivity contribution is -0.177. The van der Waals surface area contributed by atoms with Crippen LogP contribution in [0, 0.1) is 33.5 Å². The minimum absolute atomic E-state index is 0.0169. The van der Waals surface area contributed by atoms with Gasteiger partial charge < -0.3 is 15.3 Å². The second kappa shape index (κ2) is 11.5. The molecular formula is C38H50O6. The molecule has 1 aromatic rings. The SMILES string of the molecule is CC(C)=CC[C@@H]1C[C@]2(CC3CCC(C)(C)C=C3C)C(=O)/C(=C(\O)c3ccc(O)c(O)c3)C(=O)[C@@](CC=C(C)C)(C2=O)C1(C)C. The van der Waals surface area contributed by atoms with Crippen molar-refractivity contribution in [3.63, 3.8) is 0 Å². The maximum absolute atomic E-state index is 15.2. The highest BCUT2D eigenvalue weighted by molar-refractivity contribution is 6.41. The fourth-order valence-electron chi connectivity index (χ4n) is 8.09. The fourth-order valence-corrected chi connectivity index (χ4v) is 8.09. The lowest BCUT2D eigenvalue weighted by Crippen LogP contribution is -2.70. The predicted octanol–water partition coefficient (Wildman–Crippen LogP) is 8.59. The first kappa shape index (κ1) is 33.5. The molecule has 1 unspecified atom stereocenters. The number of aliphatic hydroxyl groups is 1. The van der Waals surface area contributed by atoms with Crippen molar-refractivity contribution in [2.75, 3.05) is 0 Å². The van der Waals surface area contributed by atoms with Crippen molar-refractivity contribution >= 4 is 23.1 Å². The van der Waals surface area contributed by atoms with Crippen LogP contribution in [0.2, 0.25) is 0 Å². The largest absolute Gasteiger partial charge is 0.506 e. The number of fused-ring (bicyclic) bond motifs is 2. The summed E-state index contributed by atoms with van der Waals surface area (Å²) < 4.78 is 0. The minimum atomic E-state index is -1.58. The van der Waals surface area contributed by atoms with Gasteiger partial charge in [0, 0.05) is 5.56 Å². The van der Waals surface area contributed by atoms with Gasteiger partial charge in [0.2, 0.25) is 0 Å². The van der Waals surface area contributed by atoms with Gasteiger partial charge in [-0.3, -0.25) is 14.4 Å². The van der Waals surface area contributed by atoms with E-state index in [2.05, 4.69) is 32.9 Å². The highest BCUT2D eigenvalue weighted by Crippen LogP contribution is 2.66. The van der Waals surface area contributed by atoms with Crippen molar-refractivity contribution in [1.82, 2.24) is 0 Å². The molecule has 0 heterocycles. The highest BCUT2D eigenvalue weighted by Gasteiger charge is 2.74. The molecule has 2 saturated carbocycles. The van der Waals surface area contributed by atoms with E-state index in [0.29, 0.717) is 6.42 Å². The lowest BCUT2D eigenvalue weighted by Gasteiger charge is -2.61. The van der Waals surface area contributed by atoms with E-state index in [1.165, 1.54) is 12.1 Å². The molecule has 44 heavy (non-hydrogen) atoms. The first-order valence-electron chi connectivity index (χ1n) is 15.9. The second-order valence-electron chi connectivity index (χ2n) is 15.3. The molecule has 0 radical (unpaired) electrons. The molecule has 238 valence electrons. The minimum Gasteiger partial charge on any atom is -0.506 e. The number of allylic oxidation sites excluding steroid dienone is 7. The first-order chi connectivity index (χ1) is 20.3. The third-order valence-electron chi connectivity index (χ3n) is 10.9. The maximum atomic E-state index is 15.2. The van der Waals surface area contributed by atoms with E-state index in [1.807, 2.05) is 47.6 Å². The van der Waals surface area contributed by atoms with Gasteiger partial charge in [0.25, 0.3) is 0 Å². The number of ketones is 3. The van der Waals surface area contributed by atoms with Gasteiger partial charge in [-0.25, -0.2) is 0 Å². The summed E-state index contributed by atoms with van der Waals surface area (Å²) in [6, 6.07) is 3.70. The van der Waals surface area contributed by atoms with Gasteiger partial charge >= 0.3 is 0 Å². The Hall–Kier alpha value is -3.41. The molecular weight excluding hydrogens is 552 g/mol. The summed E-state index contributed by atoms with van der Waals surface area (Å²) in [5.41, 5.74) is -1.00. The van der Waals surface area contributed by atoms with Crippen LogP contribution in [0.25, 0.3) is 5.76 Å². The molecule has 0 saturated heterocycles. The number of carbonyl (C=O) groups is 3. The number of aliphatic hydroxyl groups excluding tert-OH is 1. The lowest BCUT2D eigenvalue weighted by atomic mass is 9.38. The second-order valence-corrected chi connectivity index (χ2v) is 15.3. The molecule has 2 bridgehead atoms. The van der Waals surface area contributed by atoms with E-state index in [4.69, 9.17) is 0 Å². The van der Waals surface area contributed by atoms with Crippen LogP contribution in [0.5, 0.6) is 11.5 Å². The quantitative estimate of drug-likeness (QED) is 0.0720. The molecule has 1 aromatic carbocycles. The van der Waals surface area contributed by atoms with Crippen LogP contribution in [0.4, 0.5) is 0 Å². The van der Waals surface area contributed by atoms with Crippen LogP contribution >= 0.6 is 0 Å². The van der Waals surface area contributed by atoms with Crippen LogP contribution in [0.3, 0.4) is 0 Å². The molecule has 4 rings (SSSR count). The third-order valence-corrected chi connectivity index (χ3v) is 10.9. The summed E-state index contributed by atoms with van der Waals surface area (Å²) in [5, 5.41) is 31.8. The van der Waals surface area contributed by atoms with Crippen molar-refractivity contribution in [3.8, 4) is 11.5 Å². The topological polar surface area (TPSA) is 112 Å². The summed E-state index contributed by atoms with van der Waals surface area (Å²) in [5.74, 6) is -3.19. The van der Waals surface area contributed by atoms with E-state index in [-0.39, 0.29) is 59.2 Å². The molecule has 2 fully saturated rings. The zero-order valence-electron chi connectivity index (χ0n) is 27.9. The summed E-state index contributed by atoms with van der Waals surface area (Å²) in [6.45, 7) is 18.3. The Morgan fingerprint density at radius 1 is 0.932 bits per heavy atom. The number of rotatable bonds is 7. The Morgan fingerprint density at radius 2 is 1.57 bits per heavy atom. The Kier molecular flexibility index (Phi) is 8.75. The predicted molar refractivity (Wildman–Crippen MR) is 174 cm³/mol. The van der Waals surface area contributed by atoms with Gasteiger partial charge in [-0.1, -0.05) is 62.6 Å². The van der Waals surface area contributed by atoms with Crippen LogP contribution in [-0.2, 0) is 14.4 Å². The molecule has 0 aliphatic heterocycles. The molecule has 3 aliphatic rings. The molecule has 4 atom stereocenters. The van der Waals surface area contributed by atoms with Crippen molar-refractivity contribution in [3.05, 3.63) is 64.3 Å². The molecule has 3 aliphatic carbocycles. The third kappa shape index (κ3) is 5.39. The normalized spacial score (nSPS) is 30.4. The smallest absolute Gasteiger partial charge is 0.184 e. The first-order valence-corrected chi connectivity index (χ1v) is 15.9. The van der Waals surface area contributed by atoms with Crippen molar-refractivity contribution in [1.29, 1.82) is 0 Å². The Bertz CT molecular complexity index is 1510. The van der Waals surface area contributed by atoms with Gasteiger partial charge in [-0.05, 0) is 114 Å². The summed E-state index contributed by atoms with van der Waals surface area (Å²) in [6.07, 6.45) is 9.37. The van der Waals surface area contributed by atoms with E-state index < -0.39 is 39.3 Å². The number of phenolic OH excluding ortho intramolecular Hbond substituents is 2. The summed E-state index contributed by atoms with van der Waals surface area (Å²) in [7, 11) is 0. The Labute approximate surface area is 262 Å². The van der Waals surface area contributed by atoms with Crippen LogP contribution in [0.15, 0.2) is 58.7 Å². The number of benzene rings is 1. The highest BCUT2D eigenvalue weighted by atomic mass is 16.3. The van der Waals surface area contributed by atoms with E-state index in [1.54, 1.807) is 0 Å². The number of aromatic hydroxyl groups is 2. The summed E-state index contributed by atoms with van der Waals surface area (Å²) in [4.78, 5) is 45.0.